The summed E-state index contributed by atoms with van der Waals surface area (Å²) < 4.78 is 1.91. The molecular weight excluding hydrogens is 304 g/mol. The molecule has 1 aliphatic heterocycles. The van der Waals surface area contributed by atoms with Crippen LogP contribution in [0.5, 0.6) is 0 Å². The van der Waals surface area contributed by atoms with Crippen LogP contribution in [0.15, 0.2) is 30.5 Å². The number of aromatic nitrogens is 2. The van der Waals surface area contributed by atoms with Crippen molar-refractivity contribution >= 4 is 11.8 Å². The van der Waals surface area contributed by atoms with E-state index in [9.17, 15) is 9.59 Å². The normalized spacial score (nSPS) is 17.7. The largest absolute Gasteiger partial charge is 0.353 e. The number of hydrogen-bond acceptors (Lipinski definition) is 3. The summed E-state index contributed by atoms with van der Waals surface area (Å²) in [4.78, 5) is 26.1. The van der Waals surface area contributed by atoms with Gasteiger partial charge in [-0.1, -0.05) is 18.2 Å². The Bertz CT molecular complexity index is 807. The molecule has 4 rings (SSSR count). The van der Waals surface area contributed by atoms with Gasteiger partial charge in [-0.15, -0.1) is 0 Å². The Hall–Kier alpha value is -2.63. The quantitative estimate of drug-likeness (QED) is 0.933. The molecule has 2 aliphatic rings. The molecule has 0 spiro atoms. The molecule has 0 bridgehead atoms. The van der Waals surface area contributed by atoms with Gasteiger partial charge in [0.05, 0.1) is 29.7 Å². The van der Waals surface area contributed by atoms with Gasteiger partial charge in [0.1, 0.15) is 0 Å². The number of para-hydroxylation sites is 1. The Kier molecular flexibility index (Phi) is 3.59. The van der Waals surface area contributed by atoms with Crippen molar-refractivity contribution in [3.63, 3.8) is 0 Å². The summed E-state index contributed by atoms with van der Waals surface area (Å²) in [7, 11) is 0. The minimum absolute atomic E-state index is 0.0911. The molecule has 1 saturated heterocycles. The number of rotatable bonds is 3. The summed E-state index contributed by atoms with van der Waals surface area (Å²) >= 11 is 0. The molecule has 1 N–H and O–H groups in total. The third-order valence-corrected chi connectivity index (χ3v) is 4.67. The second kappa shape index (κ2) is 5.78. The van der Waals surface area contributed by atoms with Crippen molar-refractivity contribution in [3.8, 4) is 5.69 Å². The lowest BCUT2D eigenvalue weighted by Crippen LogP contribution is -2.50. The van der Waals surface area contributed by atoms with E-state index in [0.29, 0.717) is 24.6 Å². The van der Waals surface area contributed by atoms with Gasteiger partial charge in [0, 0.05) is 19.0 Å². The van der Waals surface area contributed by atoms with E-state index in [1.807, 2.05) is 35.9 Å². The second-order valence-electron chi connectivity index (χ2n) is 6.49. The fourth-order valence-electron chi connectivity index (χ4n) is 3.25. The maximum Gasteiger partial charge on any atom is 0.257 e. The molecular formula is C18H20N4O2. The Morgan fingerprint density at radius 3 is 2.79 bits per heavy atom. The lowest BCUT2D eigenvalue weighted by atomic mass is 10.1. The molecule has 0 radical (unpaired) electrons. The number of carbonyl (C=O) groups excluding carboxylic acids is 2. The Labute approximate surface area is 140 Å². The molecule has 6 nitrogen and oxygen atoms in total. The van der Waals surface area contributed by atoms with Crippen LogP contribution in [0.2, 0.25) is 0 Å². The smallest absolute Gasteiger partial charge is 0.257 e. The average Bonchev–Trinajstić information content (AvgIpc) is 3.33. The molecule has 2 amide bonds. The van der Waals surface area contributed by atoms with Crippen molar-refractivity contribution in [1.82, 2.24) is 20.0 Å². The zero-order valence-electron chi connectivity index (χ0n) is 13.7. The summed E-state index contributed by atoms with van der Waals surface area (Å²) in [5, 5.41) is 7.26. The minimum Gasteiger partial charge on any atom is -0.353 e. The van der Waals surface area contributed by atoms with Crippen LogP contribution in [0, 0.1) is 6.92 Å². The van der Waals surface area contributed by atoms with Gasteiger partial charge >= 0.3 is 0 Å². The molecule has 2 fully saturated rings. The Balaban J connectivity index is 1.73. The molecule has 1 aliphatic carbocycles. The van der Waals surface area contributed by atoms with Crippen LogP contribution >= 0.6 is 0 Å². The predicted molar refractivity (Wildman–Crippen MR) is 89.2 cm³/mol. The highest BCUT2D eigenvalue weighted by Gasteiger charge is 2.35. The molecule has 1 aromatic carbocycles. The topological polar surface area (TPSA) is 67.2 Å². The molecule has 2 aromatic rings. The monoisotopic (exact) mass is 324 g/mol. The van der Waals surface area contributed by atoms with Crippen molar-refractivity contribution < 1.29 is 9.59 Å². The van der Waals surface area contributed by atoms with Crippen LogP contribution in [0.1, 0.15) is 40.4 Å². The second-order valence-corrected chi connectivity index (χ2v) is 6.49. The van der Waals surface area contributed by atoms with Crippen molar-refractivity contribution in [1.29, 1.82) is 0 Å². The van der Waals surface area contributed by atoms with Crippen molar-refractivity contribution in [2.75, 3.05) is 19.6 Å². The van der Waals surface area contributed by atoms with Gasteiger partial charge in [0.2, 0.25) is 5.91 Å². The van der Waals surface area contributed by atoms with E-state index in [1.54, 1.807) is 11.1 Å². The molecule has 0 unspecified atom stereocenters. The fraction of sp³-hybridized carbons (Fsp3) is 0.389. The highest BCUT2D eigenvalue weighted by Crippen LogP contribution is 2.43. The highest BCUT2D eigenvalue weighted by molar-refractivity contribution is 5.98. The van der Waals surface area contributed by atoms with Crippen LogP contribution in [0.3, 0.4) is 0 Å². The third kappa shape index (κ3) is 2.58. The van der Waals surface area contributed by atoms with Gasteiger partial charge in [-0.3, -0.25) is 9.59 Å². The molecule has 24 heavy (non-hydrogen) atoms. The molecule has 124 valence electrons. The SMILES string of the molecule is Cc1ccccc1-n1ncc(C(=O)N2CCNC(=O)C2)c1C1CC1. The lowest BCUT2D eigenvalue weighted by Gasteiger charge is -2.26. The number of nitrogens with one attached hydrogen (secondary N) is 1. The maximum absolute atomic E-state index is 12.9. The maximum atomic E-state index is 12.9. The summed E-state index contributed by atoms with van der Waals surface area (Å²) in [5.41, 5.74) is 3.75. The summed E-state index contributed by atoms with van der Waals surface area (Å²) in [6.45, 7) is 3.22. The van der Waals surface area contributed by atoms with Crippen LogP contribution in [0.4, 0.5) is 0 Å². The zero-order chi connectivity index (χ0) is 16.7. The molecule has 6 heteroatoms. The first-order valence-electron chi connectivity index (χ1n) is 8.35. The van der Waals surface area contributed by atoms with Gasteiger partial charge < -0.3 is 10.2 Å². The number of nitrogens with zero attached hydrogens (tertiary/aromatic N) is 3. The van der Waals surface area contributed by atoms with E-state index in [1.165, 1.54) is 0 Å². The number of benzene rings is 1. The van der Waals surface area contributed by atoms with E-state index in [2.05, 4.69) is 10.4 Å². The van der Waals surface area contributed by atoms with E-state index in [4.69, 9.17) is 0 Å². The first-order chi connectivity index (χ1) is 11.6. The van der Waals surface area contributed by atoms with Crippen molar-refractivity contribution in [2.45, 2.75) is 25.7 Å². The van der Waals surface area contributed by atoms with Crippen LogP contribution in [0.25, 0.3) is 5.69 Å². The molecule has 0 atom stereocenters. The van der Waals surface area contributed by atoms with Crippen LogP contribution in [-0.2, 0) is 4.79 Å². The third-order valence-electron chi connectivity index (χ3n) is 4.67. The average molecular weight is 324 g/mol. The number of amides is 2. The highest BCUT2D eigenvalue weighted by atomic mass is 16.2. The van der Waals surface area contributed by atoms with Gasteiger partial charge in [0.25, 0.3) is 5.91 Å². The van der Waals surface area contributed by atoms with E-state index < -0.39 is 0 Å². The van der Waals surface area contributed by atoms with E-state index in [0.717, 1.165) is 29.8 Å². The van der Waals surface area contributed by atoms with E-state index in [-0.39, 0.29) is 18.4 Å². The molecule has 2 heterocycles. The Morgan fingerprint density at radius 2 is 2.08 bits per heavy atom. The first-order valence-corrected chi connectivity index (χ1v) is 8.35. The van der Waals surface area contributed by atoms with Crippen LogP contribution in [-0.4, -0.2) is 46.1 Å². The summed E-state index contributed by atoms with van der Waals surface area (Å²) in [6.07, 6.45) is 3.83. The molecule has 1 aromatic heterocycles. The number of hydrogen-bond donors (Lipinski definition) is 1. The van der Waals surface area contributed by atoms with Crippen molar-refractivity contribution in [2.24, 2.45) is 0 Å². The number of aryl methyl sites for hydroxylation is 1. The minimum atomic E-state index is -0.103. The lowest BCUT2D eigenvalue weighted by molar-refractivity contribution is -0.123. The van der Waals surface area contributed by atoms with Gasteiger partial charge in [-0.2, -0.15) is 5.10 Å². The van der Waals surface area contributed by atoms with Gasteiger partial charge in [-0.25, -0.2) is 4.68 Å². The summed E-state index contributed by atoms with van der Waals surface area (Å²) in [5.74, 6) is 0.185. The standard InChI is InChI=1S/C18H20N4O2/c1-12-4-2-3-5-15(12)22-17(13-6-7-13)14(10-20-22)18(24)21-9-8-19-16(23)11-21/h2-5,10,13H,6-9,11H2,1H3,(H,19,23). The number of piperazine rings is 1. The van der Waals surface area contributed by atoms with Gasteiger partial charge in [-0.05, 0) is 31.4 Å². The zero-order valence-corrected chi connectivity index (χ0v) is 13.7. The van der Waals surface area contributed by atoms with Gasteiger partial charge in [0.15, 0.2) is 0 Å². The summed E-state index contributed by atoms with van der Waals surface area (Å²) in [6, 6.07) is 8.05. The fourth-order valence-corrected chi connectivity index (χ4v) is 3.25. The number of carbonyl (C=O) groups is 2. The van der Waals surface area contributed by atoms with Crippen LogP contribution < -0.4 is 5.32 Å². The molecule has 1 saturated carbocycles. The Morgan fingerprint density at radius 1 is 1.29 bits per heavy atom. The first kappa shape index (κ1) is 14.9. The van der Waals surface area contributed by atoms with Crippen molar-refractivity contribution in [3.05, 3.63) is 47.3 Å². The van der Waals surface area contributed by atoms with E-state index >= 15 is 0 Å². The predicted octanol–water partition coefficient (Wildman–Crippen LogP) is 1.63.